The molecule has 1 amide bonds. The van der Waals surface area contributed by atoms with E-state index in [4.69, 9.17) is 0 Å². The van der Waals surface area contributed by atoms with Crippen molar-refractivity contribution in [3.05, 3.63) is 24.0 Å². The van der Waals surface area contributed by atoms with Gasteiger partial charge in [-0.1, -0.05) is 0 Å². The molecule has 0 aromatic carbocycles. The predicted octanol–water partition coefficient (Wildman–Crippen LogP) is 0.536. The first-order chi connectivity index (χ1) is 10.5. The van der Waals surface area contributed by atoms with Gasteiger partial charge in [-0.05, 0) is 25.8 Å². The number of hydrogen-bond donors (Lipinski definition) is 1. The molecule has 7 heteroatoms. The molecule has 2 fully saturated rings. The monoisotopic (exact) mass is 301 g/mol. The van der Waals surface area contributed by atoms with Gasteiger partial charge in [0.1, 0.15) is 11.4 Å². The van der Waals surface area contributed by atoms with Crippen molar-refractivity contribution in [2.24, 2.45) is 0 Å². The Hall–Kier alpha value is -2.15. The maximum absolute atomic E-state index is 12.5. The number of anilines is 1. The summed E-state index contributed by atoms with van der Waals surface area (Å²) < 4.78 is 1.63. The fourth-order valence-electron chi connectivity index (χ4n) is 3.22. The second-order valence-corrected chi connectivity index (χ2v) is 6.46. The molecular formula is C15H19N5O2. The molecule has 2 aliphatic rings. The Balaban J connectivity index is 1.66. The van der Waals surface area contributed by atoms with Crippen LogP contribution in [0.5, 0.6) is 0 Å². The number of carbonyl (C=O) groups is 1. The Kier molecular flexibility index (Phi) is 2.87. The molecule has 2 aromatic rings. The molecule has 116 valence electrons. The fraction of sp³-hybridized carbons (Fsp3) is 0.533. The van der Waals surface area contributed by atoms with E-state index < -0.39 is 5.60 Å². The second-order valence-electron chi connectivity index (χ2n) is 6.46. The molecule has 0 radical (unpaired) electrons. The Labute approximate surface area is 128 Å². The van der Waals surface area contributed by atoms with Gasteiger partial charge in [0.25, 0.3) is 5.91 Å². The molecule has 2 aliphatic heterocycles. The van der Waals surface area contributed by atoms with Crippen molar-refractivity contribution in [1.29, 1.82) is 0 Å². The van der Waals surface area contributed by atoms with E-state index in [2.05, 4.69) is 15.0 Å². The van der Waals surface area contributed by atoms with Gasteiger partial charge in [-0.25, -0.2) is 9.50 Å². The van der Waals surface area contributed by atoms with E-state index in [0.717, 1.165) is 18.9 Å². The van der Waals surface area contributed by atoms with Crippen LogP contribution in [0, 0.1) is 0 Å². The number of β-amino-alcohol motifs (C(OH)–C–C–N with tert-alkyl or cyclic N) is 1. The lowest BCUT2D eigenvalue weighted by atomic mass is 9.96. The highest BCUT2D eigenvalue weighted by atomic mass is 16.3. The Morgan fingerprint density at radius 1 is 1.32 bits per heavy atom. The Morgan fingerprint density at radius 2 is 2.05 bits per heavy atom. The van der Waals surface area contributed by atoms with E-state index in [1.54, 1.807) is 22.5 Å². The summed E-state index contributed by atoms with van der Waals surface area (Å²) in [5.74, 6) is 0.780. The summed E-state index contributed by atoms with van der Waals surface area (Å²) in [6, 6.07) is 1.94. The minimum atomic E-state index is -0.771. The maximum Gasteiger partial charge on any atom is 0.259 e. The van der Waals surface area contributed by atoms with Crippen LogP contribution in [0.4, 0.5) is 5.82 Å². The largest absolute Gasteiger partial charge is 0.386 e. The smallest absolute Gasteiger partial charge is 0.259 e. The van der Waals surface area contributed by atoms with Crippen LogP contribution in [0.3, 0.4) is 0 Å². The van der Waals surface area contributed by atoms with Gasteiger partial charge in [-0.2, -0.15) is 5.10 Å². The molecule has 2 aromatic heterocycles. The van der Waals surface area contributed by atoms with E-state index in [1.807, 2.05) is 12.3 Å². The third-order valence-corrected chi connectivity index (χ3v) is 4.37. The van der Waals surface area contributed by atoms with Crippen molar-refractivity contribution in [2.75, 3.05) is 31.1 Å². The van der Waals surface area contributed by atoms with Crippen LogP contribution in [0.1, 0.15) is 30.1 Å². The third kappa shape index (κ3) is 2.12. The number of aliphatic hydroxyl groups is 1. The highest BCUT2D eigenvalue weighted by molar-refractivity contribution is 6.00. The number of amides is 1. The van der Waals surface area contributed by atoms with Gasteiger partial charge in [-0.15, -0.1) is 0 Å². The topological polar surface area (TPSA) is 74.0 Å². The van der Waals surface area contributed by atoms with Gasteiger partial charge < -0.3 is 14.9 Å². The van der Waals surface area contributed by atoms with Crippen molar-refractivity contribution in [3.8, 4) is 0 Å². The molecule has 2 saturated heterocycles. The lowest BCUT2D eigenvalue weighted by Gasteiger charge is -2.43. The molecule has 0 atom stereocenters. The first-order valence-corrected chi connectivity index (χ1v) is 7.64. The number of fused-ring (bicyclic) bond motifs is 1. The summed E-state index contributed by atoms with van der Waals surface area (Å²) in [6.45, 7) is 4.46. The summed E-state index contributed by atoms with van der Waals surface area (Å²) in [6.07, 6.45) is 5.77. The molecule has 0 spiro atoms. The van der Waals surface area contributed by atoms with E-state index in [1.165, 1.54) is 12.8 Å². The number of carbonyl (C=O) groups excluding carboxylic acids is 1. The molecule has 22 heavy (non-hydrogen) atoms. The first kappa shape index (κ1) is 13.5. The molecule has 1 N–H and O–H groups in total. The first-order valence-electron chi connectivity index (χ1n) is 7.64. The van der Waals surface area contributed by atoms with Crippen molar-refractivity contribution < 1.29 is 9.90 Å². The van der Waals surface area contributed by atoms with Crippen molar-refractivity contribution in [2.45, 2.75) is 25.4 Å². The molecule has 0 bridgehead atoms. The fourth-order valence-corrected chi connectivity index (χ4v) is 3.22. The number of rotatable bonds is 2. The predicted molar refractivity (Wildman–Crippen MR) is 81.0 cm³/mol. The zero-order valence-corrected chi connectivity index (χ0v) is 12.6. The van der Waals surface area contributed by atoms with Crippen molar-refractivity contribution in [1.82, 2.24) is 19.5 Å². The molecule has 4 rings (SSSR count). The minimum Gasteiger partial charge on any atom is -0.386 e. The minimum absolute atomic E-state index is 0.118. The van der Waals surface area contributed by atoms with Crippen LogP contribution < -0.4 is 4.90 Å². The van der Waals surface area contributed by atoms with Gasteiger partial charge in [0.15, 0.2) is 5.65 Å². The lowest BCUT2D eigenvalue weighted by molar-refractivity contribution is -0.0668. The summed E-state index contributed by atoms with van der Waals surface area (Å²) in [5, 5.41) is 14.0. The average molecular weight is 301 g/mol. The van der Waals surface area contributed by atoms with Crippen LogP contribution in [0.15, 0.2) is 18.5 Å². The highest BCUT2D eigenvalue weighted by Crippen LogP contribution is 2.24. The van der Waals surface area contributed by atoms with Crippen molar-refractivity contribution >= 4 is 17.4 Å². The van der Waals surface area contributed by atoms with Crippen LogP contribution in [-0.2, 0) is 0 Å². The number of likely N-dealkylation sites (tertiary alicyclic amines) is 1. The second kappa shape index (κ2) is 4.67. The van der Waals surface area contributed by atoms with Gasteiger partial charge >= 0.3 is 0 Å². The van der Waals surface area contributed by atoms with Gasteiger partial charge in [0.2, 0.25) is 0 Å². The number of nitrogens with zero attached hydrogens (tertiary/aromatic N) is 5. The summed E-state index contributed by atoms with van der Waals surface area (Å²) in [7, 11) is 0. The van der Waals surface area contributed by atoms with E-state index in [0.29, 0.717) is 24.3 Å². The SMILES string of the molecule is CC1(O)CN(C(=O)c2cnn3ccc(N4CCCC4)nc23)C1. The van der Waals surface area contributed by atoms with Gasteiger partial charge in [0, 0.05) is 19.3 Å². The Morgan fingerprint density at radius 3 is 2.73 bits per heavy atom. The van der Waals surface area contributed by atoms with Crippen LogP contribution in [0.2, 0.25) is 0 Å². The van der Waals surface area contributed by atoms with E-state index >= 15 is 0 Å². The van der Waals surface area contributed by atoms with E-state index in [9.17, 15) is 9.90 Å². The standard InChI is InChI=1S/C15H19N5O2/c1-15(22)9-19(10-15)14(21)11-8-16-20-7-4-12(17-13(11)20)18-5-2-3-6-18/h4,7-8,22H,2-3,5-6,9-10H2,1H3. The molecule has 4 heterocycles. The lowest BCUT2D eigenvalue weighted by Crippen LogP contribution is -2.61. The number of hydrogen-bond acceptors (Lipinski definition) is 5. The molecule has 0 unspecified atom stereocenters. The molecule has 7 nitrogen and oxygen atoms in total. The van der Waals surface area contributed by atoms with E-state index in [-0.39, 0.29) is 5.91 Å². The van der Waals surface area contributed by atoms with Gasteiger partial charge in [0.05, 0.1) is 24.9 Å². The zero-order valence-electron chi connectivity index (χ0n) is 12.6. The zero-order chi connectivity index (χ0) is 15.3. The van der Waals surface area contributed by atoms with Crippen LogP contribution >= 0.6 is 0 Å². The molecule has 0 saturated carbocycles. The van der Waals surface area contributed by atoms with Crippen molar-refractivity contribution in [3.63, 3.8) is 0 Å². The highest BCUT2D eigenvalue weighted by Gasteiger charge is 2.40. The quantitative estimate of drug-likeness (QED) is 0.876. The normalized spacial score (nSPS) is 20.5. The molecule has 0 aliphatic carbocycles. The van der Waals surface area contributed by atoms with Crippen LogP contribution in [-0.4, -0.2) is 62.3 Å². The summed E-state index contributed by atoms with van der Waals surface area (Å²) in [5.41, 5.74) is 0.310. The van der Waals surface area contributed by atoms with Gasteiger partial charge in [-0.3, -0.25) is 4.79 Å². The molecular weight excluding hydrogens is 282 g/mol. The summed E-state index contributed by atoms with van der Waals surface area (Å²) >= 11 is 0. The maximum atomic E-state index is 12.5. The number of aromatic nitrogens is 3. The Bertz CT molecular complexity index is 725. The summed E-state index contributed by atoms with van der Waals surface area (Å²) in [4.78, 5) is 21.0. The third-order valence-electron chi connectivity index (χ3n) is 4.37. The van der Waals surface area contributed by atoms with Crippen LogP contribution in [0.25, 0.3) is 5.65 Å². The average Bonchev–Trinajstić information content (AvgIpc) is 3.12.